The number of pyridine rings is 1. The number of likely N-dealkylation sites (N-methyl/N-ethyl adjacent to an activating group) is 1. The van der Waals surface area contributed by atoms with Crippen molar-refractivity contribution in [2.45, 2.75) is 13.5 Å². The van der Waals surface area contributed by atoms with Gasteiger partial charge in [0.25, 0.3) is 0 Å². The molecule has 3 heterocycles. The first-order chi connectivity index (χ1) is 14.2. The molecular formula is C22H26N4O3. The molecule has 0 atom stereocenters. The number of piperazine rings is 1. The summed E-state index contributed by atoms with van der Waals surface area (Å²) in [7, 11) is 0. The molecule has 2 aliphatic heterocycles. The Hall–Kier alpha value is -3.06. The third-order valence-corrected chi connectivity index (χ3v) is 5.24. The first kappa shape index (κ1) is 19.3. The van der Waals surface area contributed by atoms with Crippen molar-refractivity contribution in [3.63, 3.8) is 0 Å². The quantitative estimate of drug-likeness (QED) is 0.759. The number of carbonyl (C=O) groups is 1. The lowest BCUT2D eigenvalue weighted by molar-refractivity contribution is -0.116. The fraction of sp³-hybridized carbons (Fsp3) is 0.364. The van der Waals surface area contributed by atoms with Crippen LogP contribution >= 0.6 is 0 Å². The number of aromatic nitrogens is 1. The highest BCUT2D eigenvalue weighted by molar-refractivity contribution is 5.91. The number of ether oxygens (including phenoxy) is 2. The van der Waals surface area contributed by atoms with Gasteiger partial charge in [-0.15, -0.1) is 0 Å². The van der Waals surface area contributed by atoms with E-state index in [0.29, 0.717) is 12.3 Å². The van der Waals surface area contributed by atoms with Crippen LogP contribution in [-0.2, 0) is 11.3 Å². The molecule has 0 unspecified atom stereocenters. The molecule has 4 rings (SSSR count). The summed E-state index contributed by atoms with van der Waals surface area (Å²) in [5, 5.41) is 2.89. The number of benzene rings is 1. The Morgan fingerprint density at radius 1 is 1.14 bits per heavy atom. The van der Waals surface area contributed by atoms with E-state index in [9.17, 15) is 4.79 Å². The molecule has 0 bridgehead atoms. The van der Waals surface area contributed by atoms with Gasteiger partial charge in [-0.25, -0.2) is 4.98 Å². The van der Waals surface area contributed by atoms with Gasteiger partial charge < -0.3 is 24.6 Å². The predicted molar refractivity (Wildman–Crippen MR) is 112 cm³/mol. The minimum Gasteiger partial charge on any atom is -0.454 e. The van der Waals surface area contributed by atoms with Crippen LogP contribution in [0.4, 0.5) is 5.82 Å². The van der Waals surface area contributed by atoms with Gasteiger partial charge in [-0.2, -0.15) is 0 Å². The molecule has 1 amide bonds. The number of rotatable bonds is 6. The van der Waals surface area contributed by atoms with Gasteiger partial charge in [0.05, 0.1) is 0 Å². The molecule has 29 heavy (non-hydrogen) atoms. The van der Waals surface area contributed by atoms with E-state index in [1.165, 1.54) is 6.08 Å². The standard InChI is InChI=1S/C22H26N4O3/c1-2-25-9-11-26(12-10-25)21-7-4-18(14-23-21)15-24-22(27)8-5-17-3-6-19-20(13-17)29-16-28-19/h3-8,13-14H,2,9-12,15-16H2,1H3,(H,24,27). The summed E-state index contributed by atoms with van der Waals surface area (Å²) >= 11 is 0. The van der Waals surface area contributed by atoms with E-state index < -0.39 is 0 Å². The highest BCUT2D eigenvalue weighted by Gasteiger charge is 2.16. The second-order valence-corrected chi connectivity index (χ2v) is 7.11. The van der Waals surface area contributed by atoms with Crippen LogP contribution < -0.4 is 19.7 Å². The minimum absolute atomic E-state index is 0.151. The van der Waals surface area contributed by atoms with E-state index in [0.717, 1.165) is 55.4 Å². The smallest absolute Gasteiger partial charge is 0.244 e. The van der Waals surface area contributed by atoms with Crippen molar-refractivity contribution in [1.82, 2.24) is 15.2 Å². The van der Waals surface area contributed by atoms with Crippen LogP contribution in [0.15, 0.2) is 42.6 Å². The van der Waals surface area contributed by atoms with Gasteiger partial charge in [0, 0.05) is 45.0 Å². The van der Waals surface area contributed by atoms with E-state index >= 15 is 0 Å². The summed E-state index contributed by atoms with van der Waals surface area (Å²) in [5.74, 6) is 2.28. The lowest BCUT2D eigenvalue weighted by Crippen LogP contribution is -2.46. The lowest BCUT2D eigenvalue weighted by Gasteiger charge is -2.34. The third kappa shape index (κ3) is 4.86. The zero-order chi connectivity index (χ0) is 20.1. The van der Waals surface area contributed by atoms with Crippen molar-refractivity contribution in [3.8, 4) is 11.5 Å². The van der Waals surface area contributed by atoms with E-state index in [-0.39, 0.29) is 12.7 Å². The summed E-state index contributed by atoms with van der Waals surface area (Å²) in [5.41, 5.74) is 1.87. The maximum atomic E-state index is 12.1. The fourth-order valence-electron chi connectivity index (χ4n) is 3.44. The number of amides is 1. The van der Waals surface area contributed by atoms with Crippen molar-refractivity contribution in [3.05, 3.63) is 53.7 Å². The number of fused-ring (bicyclic) bond motifs is 1. The maximum absolute atomic E-state index is 12.1. The second-order valence-electron chi connectivity index (χ2n) is 7.11. The zero-order valence-electron chi connectivity index (χ0n) is 16.6. The minimum atomic E-state index is -0.151. The first-order valence-corrected chi connectivity index (χ1v) is 9.99. The van der Waals surface area contributed by atoms with Gasteiger partial charge in [0.1, 0.15) is 5.82 Å². The van der Waals surface area contributed by atoms with Gasteiger partial charge in [-0.3, -0.25) is 4.79 Å². The molecule has 7 heteroatoms. The molecule has 152 valence electrons. The molecule has 0 radical (unpaired) electrons. The van der Waals surface area contributed by atoms with E-state index in [4.69, 9.17) is 9.47 Å². The van der Waals surface area contributed by atoms with Gasteiger partial charge in [0.15, 0.2) is 11.5 Å². The average Bonchev–Trinajstić information content (AvgIpc) is 3.24. The Kier molecular flexibility index (Phi) is 5.95. The molecule has 1 saturated heterocycles. The molecule has 0 aliphatic carbocycles. The van der Waals surface area contributed by atoms with Crippen molar-refractivity contribution in [2.24, 2.45) is 0 Å². The number of nitrogens with zero attached hydrogens (tertiary/aromatic N) is 3. The van der Waals surface area contributed by atoms with Crippen LogP contribution in [0.2, 0.25) is 0 Å². The highest BCUT2D eigenvalue weighted by atomic mass is 16.7. The Balaban J connectivity index is 1.26. The van der Waals surface area contributed by atoms with Crippen LogP contribution in [0.5, 0.6) is 11.5 Å². The molecule has 0 saturated carbocycles. The Morgan fingerprint density at radius 3 is 2.72 bits per heavy atom. The number of hydrogen-bond acceptors (Lipinski definition) is 6. The summed E-state index contributed by atoms with van der Waals surface area (Å²) in [6.45, 7) is 8.14. The van der Waals surface area contributed by atoms with Crippen molar-refractivity contribution >= 4 is 17.8 Å². The predicted octanol–water partition coefficient (Wildman–Crippen LogP) is 2.28. The monoisotopic (exact) mass is 394 g/mol. The summed E-state index contributed by atoms with van der Waals surface area (Å²) < 4.78 is 10.6. The molecule has 7 nitrogen and oxygen atoms in total. The molecule has 2 aliphatic rings. The molecule has 1 aromatic carbocycles. The highest BCUT2D eigenvalue weighted by Crippen LogP contribution is 2.32. The van der Waals surface area contributed by atoms with Crippen LogP contribution in [0.25, 0.3) is 6.08 Å². The number of anilines is 1. The van der Waals surface area contributed by atoms with Crippen LogP contribution in [-0.4, -0.2) is 55.3 Å². The van der Waals surface area contributed by atoms with Gasteiger partial charge in [0.2, 0.25) is 12.7 Å². The van der Waals surface area contributed by atoms with Gasteiger partial charge in [-0.1, -0.05) is 19.1 Å². The number of hydrogen-bond donors (Lipinski definition) is 1. The van der Waals surface area contributed by atoms with E-state index in [1.807, 2.05) is 36.5 Å². The molecule has 0 spiro atoms. The van der Waals surface area contributed by atoms with Crippen LogP contribution in [0, 0.1) is 0 Å². The summed E-state index contributed by atoms with van der Waals surface area (Å²) in [4.78, 5) is 21.4. The topological polar surface area (TPSA) is 66.9 Å². The van der Waals surface area contributed by atoms with Crippen molar-refractivity contribution in [1.29, 1.82) is 0 Å². The Morgan fingerprint density at radius 2 is 1.97 bits per heavy atom. The molecule has 2 aromatic rings. The first-order valence-electron chi connectivity index (χ1n) is 9.99. The Bertz CT molecular complexity index is 874. The molecule has 1 N–H and O–H groups in total. The third-order valence-electron chi connectivity index (χ3n) is 5.24. The SMILES string of the molecule is CCN1CCN(c2ccc(CNC(=O)C=Cc3ccc4c(c3)OCO4)cn2)CC1. The maximum Gasteiger partial charge on any atom is 0.244 e. The van der Waals surface area contributed by atoms with Gasteiger partial charge in [-0.05, 0) is 41.9 Å². The largest absolute Gasteiger partial charge is 0.454 e. The molecule has 1 fully saturated rings. The van der Waals surface area contributed by atoms with Crippen molar-refractivity contribution < 1.29 is 14.3 Å². The normalized spacial score (nSPS) is 16.4. The zero-order valence-corrected chi connectivity index (χ0v) is 16.6. The van der Waals surface area contributed by atoms with E-state index in [1.54, 1.807) is 6.08 Å². The number of carbonyl (C=O) groups excluding carboxylic acids is 1. The van der Waals surface area contributed by atoms with Gasteiger partial charge >= 0.3 is 0 Å². The Labute approximate surface area is 170 Å². The summed E-state index contributed by atoms with van der Waals surface area (Å²) in [6.07, 6.45) is 5.12. The van der Waals surface area contributed by atoms with Crippen LogP contribution in [0.3, 0.4) is 0 Å². The average molecular weight is 394 g/mol. The lowest BCUT2D eigenvalue weighted by atomic mass is 10.2. The number of nitrogens with one attached hydrogen (secondary N) is 1. The van der Waals surface area contributed by atoms with Crippen molar-refractivity contribution in [2.75, 3.05) is 44.4 Å². The van der Waals surface area contributed by atoms with Crippen LogP contribution in [0.1, 0.15) is 18.1 Å². The molecule has 1 aromatic heterocycles. The fourth-order valence-corrected chi connectivity index (χ4v) is 3.44. The summed E-state index contributed by atoms with van der Waals surface area (Å²) in [6, 6.07) is 9.65. The van der Waals surface area contributed by atoms with E-state index in [2.05, 4.69) is 27.0 Å². The molecular weight excluding hydrogens is 368 g/mol. The second kappa shape index (κ2) is 8.96.